The maximum Gasteiger partial charge on any atom is -0.0228 e. The average molecular weight is 202 g/mol. The second kappa shape index (κ2) is 5.16. The summed E-state index contributed by atoms with van der Waals surface area (Å²) in [4.78, 5) is 0. The molecule has 15 heavy (non-hydrogen) atoms. The van der Waals surface area contributed by atoms with Crippen molar-refractivity contribution < 1.29 is 0 Å². The Morgan fingerprint density at radius 1 is 1.13 bits per heavy atom. The maximum atomic E-state index is 2.30. The normalized spacial score (nSPS) is 13.4. The van der Waals surface area contributed by atoms with E-state index < -0.39 is 0 Å². The number of hydrogen-bond acceptors (Lipinski definition) is 0. The van der Waals surface area contributed by atoms with E-state index in [4.69, 9.17) is 0 Å². The van der Waals surface area contributed by atoms with Crippen molar-refractivity contribution in [3.8, 4) is 0 Å². The molecule has 0 spiro atoms. The van der Waals surface area contributed by atoms with Crippen LogP contribution >= 0.6 is 0 Å². The lowest BCUT2D eigenvalue weighted by atomic mass is 9.97. The Hall–Kier alpha value is -1.04. The highest BCUT2D eigenvalue weighted by atomic mass is 14.1. The van der Waals surface area contributed by atoms with Crippen molar-refractivity contribution in [2.45, 2.75) is 41.0 Å². The summed E-state index contributed by atoms with van der Waals surface area (Å²) in [5.41, 5.74) is 5.57. The van der Waals surface area contributed by atoms with Crippen molar-refractivity contribution in [3.05, 3.63) is 40.5 Å². The molecular formula is C15H22. The standard InChI is InChI=1S/C15H22/c1-6-11(2)7-9-15-10-8-12(3)13(4)14(15)5/h7-11H,6H2,1-5H3/b9-7-. The van der Waals surface area contributed by atoms with E-state index in [0.29, 0.717) is 5.92 Å². The van der Waals surface area contributed by atoms with Crippen molar-refractivity contribution in [1.82, 2.24) is 0 Å². The zero-order valence-corrected chi connectivity index (χ0v) is 10.6. The van der Waals surface area contributed by atoms with Gasteiger partial charge in [-0.15, -0.1) is 0 Å². The molecular weight excluding hydrogens is 180 g/mol. The van der Waals surface area contributed by atoms with Crippen LogP contribution in [0.3, 0.4) is 0 Å². The minimum Gasteiger partial charge on any atom is -0.0811 e. The molecule has 0 bridgehead atoms. The van der Waals surface area contributed by atoms with E-state index in [1.54, 1.807) is 0 Å². The molecule has 0 aliphatic heterocycles. The Morgan fingerprint density at radius 2 is 1.80 bits per heavy atom. The number of aryl methyl sites for hydroxylation is 1. The second-order valence-electron chi connectivity index (χ2n) is 4.47. The Kier molecular flexibility index (Phi) is 4.14. The lowest BCUT2D eigenvalue weighted by Gasteiger charge is -2.08. The van der Waals surface area contributed by atoms with Gasteiger partial charge in [0.25, 0.3) is 0 Å². The molecule has 0 N–H and O–H groups in total. The third kappa shape index (κ3) is 2.95. The van der Waals surface area contributed by atoms with Crippen LogP contribution in [0.5, 0.6) is 0 Å². The van der Waals surface area contributed by atoms with E-state index in [1.807, 2.05) is 0 Å². The van der Waals surface area contributed by atoms with Crippen LogP contribution < -0.4 is 0 Å². The number of benzene rings is 1. The smallest absolute Gasteiger partial charge is 0.0228 e. The highest BCUT2D eigenvalue weighted by Crippen LogP contribution is 2.19. The number of hydrogen-bond donors (Lipinski definition) is 0. The molecule has 0 heterocycles. The topological polar surface area (TPSA) is 0 Å². The molecule has 0 radical (unpaired) electrons. The van der Waals surface area contributed by atoms with Gasteiger partial charge in [-0.1, -0.05) is 44.6 Å². The second-order valence-corrected chi connectivity index (χ2v) is 4.47. The van der Waals surface area contributed by atoms with Crippen LogP contribution in [0.2, 0.25) is 0 Å². The van der Waals surface area contributed by atoms with Crippen molar-refractivity contribution in [3.63, 3.8) is 0 Å². The summed E-state index contributed by atoms with van der Waals surface area (Å²) in [7, 11) is 0. The molecule has 1 rings (SSSR count). The first kappa shape index (κ1) is 12.0. The fraction of sp³-hybridized carbons (Fsp3) is 0.467. The largest absolute Gasteiger partial charge is 0.0811 e. The Bertz CT molecular complexity index is 359. The van der Waals surface area contributed by atoms with E-state index in [2.05, 4.69) is 58.9 Å². The van der Waals surface area contributed by atoms with Gasteiger partial charge in [-0.05, 0) is 48.9 Å². The van der Waals surface area contributed by atoms with Crippen LogP contribution in [0.25, 0.3) is 6.08 Å². The lowest BCUT2D eigenvalue weighted by Crippen LogP contribution is -1.90. The minimum atomic E-state index is 0.672. The average Bonchev–Trinajstić information content (AvgIpc) is 2.24. The summed E-state index contributed by atoms with van der Waals surface area (Å²) >= 11 is 0. The first-order chi connectivity index (χ1) is 7.06. The summed E-state index contributed by atoms with van der Waals surface area (Å²) < 4.78 is 0. The Morgan fingerprint density at radius 3 is 2.40 bits per heavy atom. The van der Waals surface area contributed by atoms with Crippen LogP contribution in [-0.2, 0) is 0 Å². The number of allylic oxidation sites excluding steroid dienone is 1. The van der Waals surface area contributed by atoms with Crippen LogP contribution in [-0.4, -0.2) is 0 Å². The third-order valence-electron chi connectivity index (χ3n) is 3.35. The van der Waals surface area contributed by atoms with Crippen LogP contribution in [0.4, 0.5) is 0 Å². The van der Waals surface area contributed by atoms with Crippen molar-refractivity contribution in [2.24, 2.45) is 5.92 Å². The van der Waals surface area contributed by atoms with Gasteiger partial charge in [-0.25, -0.2) is 0 Å². The molecule has 0 aliphatic carbocycles. The molecule has 0 saturated heterocycles. The maximum absolute atomic E-state index is 2.30. The zero-order valence-electron chi connectivity index (χ0n) is 10.6. The van der Waals surface area contributed by atoms with Gasteiger partial charge in [0.1, 0.15) is 0 Å². The monoisotopic (exact) mass is 202 g/mol. The predicted octanol–water partition coefficient (Wildman–Crippen LogP) is 4.67. The van der Waals surface area contributed by atoms with Gasteiger partial charge >= 0.3 is 0 Å². The molecule has 1 aromatic rings. The fourth-order valence-electron chi connectivity index (χ4n) is 1.56. The van der Waals surface area contributed by atoms with Gasteiger partial charge in [-0.3, -0.25) is 0 Å². The molecule has 0 saturated carbocycles. The van der Waals surface area contributed by atoms with Crippen molar-refractivity contribution >= 4 is 6.08 Å². The van der Waals surface area contributed by atoms with Crippen molar-refractivity contribution in [1.29, 1.82) is 0 Å². The first-order valence-electron chi connectivity index (χ1n) is 5.81. The fourth-order valence-corrected chi connectivity index (χ4v) is 1.56. The van der Waals surface area contributed by atoms with Crippen LogP contribution in [0.1, 0.15) is 42.5 Å². The minimum absolute atomic E-state index is 0.672. The van der Waals surface area contributed by atoms with Crippen LogP contribution in [0, 0.1) is 26.7 Å². The van der Waals surface area contributed by atoms with Gasteiger partial charge in [0.05, 0.1) is 0 Å². The predicted molar refractivity (Wildman–Crippen MR) is 69.1 cm³/mol. The quantitative estimate of drug-likeness (QED) is 0.668. The highest BCUT2D eigenvalue weighted by molar-refractivity contribution is 5.57. The molecule has 0 aliphatic rings. The SMILES string of the molecule is CCC(C)/C=C\c1ccc(C)c(C)c1C. The molecule has 0 fully saturated rings. The molecule has 0 aromatic heterocycles. The van der Waals surface area contributed by atoms with Gasteiger partial charge in [0.15, 0.2) is 0 Å². The van der Waals surface area contributed by atoms with Crippen molar-refractivity contribution in [2.75, 3.05) is 0 Å². The molecule has 1 aromatic carbocycles. The third-order valence-corrected chi connectivity index (χ3v) is 3.35. The molecule has 0 amide bonds. The lowest BCUT2D eigenvalue weighted by molar-refractivity contribution is 0.701. The highest BCUT2D eigenvalue weighted by Gasteiger charge is 2.01. The van der Waals surface area contributed by atoms with Gasteiger partial charge < -0.3 is 0 Å². The first-order valence-corrected chi connectivity index (χ1v) is 5.81. The van der Waals surface area contributed by atoms with Gasteiger partial charge in [0.2, 0.25) is 0 Å². The van der Waals surface area contributed by atoms with E-state index in [-0.39, 0.29) is 0 Å². The van der Waals surface area contributed by atoms with E-state index in [0.717, 1.165) is 0 Å². The molecule has 0 heteroatoms. The Labute approximate surface area is 94.0 Å². The van der Waals surface area contributed by atoms with E-state index in [9.17, 15) is 0 Å². The van der Waals surface area contributed by atoms with Crippen LogP contribution in [0.15, 0.2) is 18.2 Å². The van der Waals surface area contributed by atoms with Gasteiger partial charge in [0, 0.05) is 0 Å². The Balaban J connectivity index is 2.97. The zero-order chi connectivity index (χ0) is 11.4. The summed E-state index contributed by atoms with van der Waals surface area (Å²) in [6.45, 7) is 11.1. The molecule has 82 valence electrons. The van der Waals surface area contributed by atoms with E-state index >= 15 is 0 Å². The summed E-state index contributed by atoms with van der Waals surface area (Å²) in [5, 5.41) is 0. The summed E-state index contributed by atoms with van der Waals surface area (Å²) in [6.07, 6.45) is 5.77. The summed E-state index contributed by atoms with van der Waals surface area (Å²) in [6, 6.07) is 4.43. The summed E-state index contributed by atoms with van der Waals surface area (Å²) in [5.74, 6) is 0.672. The number of rotatable bonds is 3. The van der Waals surface area contributed by atoms with Gasteiger partial charge in [-0.2, -0.15) is 0 Å². The molecule has 1 atom stereocenters. The molecule has 1 unspecified atom stereocenters. The van der Waals surface area contributed by atoms with E-state index in [1.165, 1.54) is 28.7 Å². The molecule has 0 nitrogen and oxygen atoms in total.